The predicted molar refractivity (Wildman–Crippen MR) is 68.7 cm³/mol. The smallest absolute Gasteiger partial charge is 0.157 e. The van der Waals surface area contributed by atoms with Crippen LogP contribution in [0.15, 0.2) is 18.5 Å². The van der Waals surface area contributed by atoms with Gasteiger partial charge < -0.3 is 10.5 Å². The van der Waals surface area contributed by atoms with E-state index in [0.29, 0.717) is 18.2 Å². The fraction of sp³-hybridized carbons (Fsp3) is 0.417. The van der Waals surface area contributed by atoms with Crippen molar-refractivity contribution in [2.24, 2.45) is 0 Å². The first-order valence-electron chi connectivity index (χ1n) is 5.88. The number of nitrogens with two attached hydrogens (primary N) is 1. The van der Waals surface area contributed by atoms with Crippen molar-refractivity contribution < 1.29 is 4.74 Å². The molecule has 0 atom stereocenters. The van der Waals surface area contributed by atoms with Gasteiger partial charge in [0.25, 0.3) is 0 Å². The van der Waals surface area contributed by atoms with Crippen LogP contribution in [0.25, 0.3) is 11.3 Å². The summed E-state index contributed by atoms with van der Waals surface area (Å²) in [5.41, 5.74) is 7.47. The summed E-state index contributed by atoms with van der Waals surface area (Å²) in [6, 6.07) is 1.74. The largest absolute Gasteiger partial charge is 0.384 e. The van der Waals surface area contributed by atoms with Gasteiger partial charge in [0.05, 0.1) is 11.9 Å². The molecule has 18 heavy (non-hydrogen) atoms. The monoisotopic (exact) mass is 247 g/mol. The Hall–Kier alpha value is -1.95. The van der Waals surface area contributed by atoms with E-state index in [1.165, 1.54) is 0 Å². The standard InChI is InChI=1S/C12H17N5O/c1-3-4-17-7-9(6-14-17)10-5-11(13)16-12(15-10)8-18-2/h5-7H,3-4,8H2,1-2H3,(H2,13,15,16). The van der Waals surface area contributed by atoms with Gasteiger partial charge in [0.15, 0.2) is 5.82 Å². The average molecular weight is 247 g/mol. The molecule has 2 rings (SSSR count). The Morgan fingerprint density at radius 3 is 2.94 bits per heavy atom. The van der Waals surface area contributed by atoms with Crippen LogP contribution < -0.4 is 5.73 Å². The second-order valence-corrected chi connectivity index (χ2v) is 4.02. The highest BCUT2D eigenvalue weighted by Gasteiger charge is 2.07. The number of nitrogen functional groups attached to an aromatic ring is 1. The summed E-state index contributed by atoms with van der Waals surface area (Å²) in [6.07, 6.45) is 4.79. The normalized spacial score (nSPS) is 10.8. The van der Waals surface area contributed by atoms with Gasteiger partial charge in [0.2, 0.25) is 0 Å². The van der Waals surface area contributed by atoms with E-state index in [1.54, 1.807) is 19.4 Å². The molecular weight excluding hydrogens is 230 g/mol. The van der Waals surface area contributed by atoms with Gasteiger partial charge in [-0.05, 0) is 6.42 Å². The lowest BCUT2D eigenvalue weighted by Gasteiger charge is -2.03. The van der Waals surface area contributed by atoms with Gasteiger partial charge in [0.1, 0.15) is 12.4 Å². The van der Waals surface area contributed by atoms with Gasteiger partial charge in [-0.2, -0.15) is 5.10 Å². The zero-order valence-corrected chi connectivity index (χ0v) is 10.6. The van der Waals surface area contributed by atoms with E-state index in [9.17, 15) is 0 Å². The van der Waals surface area contributed by atoms with Crippen molar-refractivity contribution in [1.29, 1.82) is 0 Å². The Morgan fingerprint density at radius 1 is 1.39 bits per heavy atom. The highest BCUT2D eigenvalue weighted by molar-refractivity contribution is 5.60. The van der Waals surface area contributed by atoms with Gasteiger partial charge in [-0.25, -0.2) is 9.97 Å². The molecule has 0 fully saturated rings. The summed E-state index contributed by atoms with van der Waals surface area (Å²) >= 11 is 0. The number of methoxy groups -OCH3 is 1. The van der Waals surface area contributed by atoms with Gasteiger partial charge in [-0.1, -0.05) is 6.92 Å². The minimum Gasteiger partial charge on any atom is -0.384 e. The van der Waals surface area contributed by atoms with E-state index in [2.05, 4.69) is 22.0 Å². The van der Waals surface area contributed by atoms with E-state index >= 15 is 0 Å². The third-order valence-corrected chi connectivity index (χ3v) is 2.45. The molecule has 0 radical (unpaired) electrons. The topological polar surface area (TPSA) is 78.9 Å². The molecule has 2 heterocycles. The molecule has 2 N–H and O–H groups in total. The molecule has 0 aromatic carbocycles. The van der Waals surface area contributed by atoms with Crippen LogP contribution in [0.1, 0.15) is 19.2 Å². The van der Waals surface area contributed by atoms with E-state index < -0.39 is 0 Å². The third-order valence-electron chi connectivity index (χ3n) is 2.45. The molecule has 0 saturated heterocycles. The second-order valence-electron chi connectivity index (χ2n) is 4.02. The van der Waals surface area contributed by atoms with E-state index in [-0.39, 0.29) is 0 Å². The molecule has 0 unspecified atom stereocenters. The molecule has 0 aliphatic rings. The Morgan fingerprint density at radius 2 is 2.22 bits per heavy atom. The summed E-state index contributed by atoms with van der Waals surface area (Å²) in [7, 11) is 1.60. The Balaban J connectivity index is 2.30. The van der Waals surface area contributed by atoms with E-state index in [4.69, 9.17) is 10.5 Å². The summed E-state index contributed by atoms with van der Waals surface area (Å²) in [6.45, 7) is 3.35. The van der Waals surface area contributed by atoms with Gasteiger partial charge in [-0.15, -0.1) is 0 Å². The van der Waals surface area contributed by atoms with Gasteiger partial charge in [-0.3, -0.25) is 4.68 Å². The van der Waals surface area contributed by atoms with Crippen molar-refractivity contribution in [3.05, 3.63) is 24.3 Å². The van der Waals surface area contributed by atoms with Gasteiger partial charge in [0, 0.05) is 31.5 Å². The van der Waals surface area contributed by atoms with Crippen LogP contribution in [0, 0.1) is 0 Å². The molecule has 0 saturated carbocycles. The van der Waals surface area contributed by atoms with Crippen molar-refractivity contribution >= 4 is 5.82 Å². The number of nitrogens with zero attached hydrogens (tertiary/aromatic N) is 4. The SMILES string of the molecule is CCCn1cc(-c2cc(N)nc(COC)n2)cn1. The second kappa shape index (κ2) is 5.59. The number of rotatable bonds is 5. The number of ether oxygens (including phenoxy) is 1. The summed E-state index contributed by atoms with van der Waals surface area (Å²) in [5.74, 6) is 1.02. The van der Waals surface area contributed by atoms with Crippen molar-refractivity contribution in [1.82, 2.24) is 19.7 Å². The molecule has 6 nitrogen and oxygen atoms in total. The maximum atomic E-state index is 5.76. The van der Waals surface area contributed by atoms with Crippen LogP contribution in [0.4, 0.5) is 5.82 Å². The summed E-state index contributed by atoms with van der Waals surface area (Å²) in [5, 5.41) is 4.27. The Labute approximate surface area is 106 Å². The zero-order chi connectivity index (χ0) is 13.0. The van der Waals surface area contributed by atoms with Crippen LogP contribution in [-0.2, 0) is 17.9 Å². The quantitative estimate of drug-likeness (QED) is 0.865. The van der Waals surface area contributed by atoms with Crippen LogP contribution >= 0.6 is 0 Å². The molecule has 96 valence electrons. The molecule has 2 aromatic rings. The van der Waals surface area contributed by atoms with Crippen LogP contribution in [0.5, 0.6) is 0 Å². The van der Waals surface area contributed by atoms with E-state index in [0.717, 1.165) is 24.2 Å². The minimum absolute atomic E-state index is 0.348. The fourth-order valence-corrected chi connectivity index (χ4v) is 1.71. The van der Waals surface area contributed by atoms with Crippen molar-refractivity contribution in [2.45, 2.75) is 26.5 Å². The van der Waals surface area contributed by atoms with Crippen molar-refractivity contribution in [2.75, 3.05) is 12.8 Å². The Kier molecular flexibility index (Phi) is 3.88. The molecular formula is C12H17N5O. The number of hydrogen-bond donors (Lipinski definition) is 1. The summed E-state index contributed by atoms with van der Waals surface area (Å²) in [4.78, 5) is 8.50. The molecule has 0 spiro atoms. The molecule has 0 bridgehead atoms. The third kappa shape index (κ3) is 2.84. The minimum atomic E-state index is 0.348. The average Bonchev–Trinajstić information content (AvgIpc) is 2.78. The number of anilines is 1. The molecule has 2 aromatic heterocycles. The first kappa shape index (κ1) is 12.5. The van der Waals surface area contributed by atoms with Crippen LogP contribution in [0.3, 0.4) is 0 Å². The van der Waals surface area contributed by atoms with Crippen molar-refractivity contribution in [3.8, 4) is 11.3 Å². The highest BCUT2D eigenvalue weighted by atomic mass is 16.5. The first-order chi connectivity index (χ1) is 8.72. The molecule has 6 heteroatoms. The number of hydrogen-bond acceptors (Lipinski definition) is 5. The zero-order valence-electron chi connectivity index (χ0n) is 10.6. The first-order valence-corrected chi connectivity index (χ1v) is 5.88. The maximum Gasteiger partial charge on any atom is 0.157 e. The van der Waals surface area contributed by atoms with Gasteiger partial charge >= 0.3 is 0 Å². The molecule has 0 aliphatic carbocycles. The number of aromatic nitrogens is 4. The Bertz CT molecular complexity index is 523. The lowest BCUT2D eigenvalue weighted by Crippen LogP contribution is -2.02. The van der Waals surface area contributed by atoms with Crippen molar-refractivity contribution in [3.63, 3.8) is 0 Å². The highest BCUT2D eigenvalue weighted by Crippen LogP contribution is 2.18. The number of aryl methyl sites for hydroxylation is 1. The molecule has 0 aliphatic heterocycles. The lowest BCUT2D eigenvalue weighted by atomic mass is 10.2. The van der Waals surface area contributed by atoms with Crippen LogP contribution in [0.2, 0.25) is 0 Å². The predicted octanol–water partition coefficient (Wildman–Crippen LogP) is 1.48. The maximum absolute atomic E-state index is 5.76. The van der Waals surface area contributed by atoms with Crippen LogP contribution in [-0.4, -0.2) is 26.9 Å². The fourth-order valence-electron chi connectivity index (χ4n) is 1.71. The molecule has 0 amide bonds. The van der Waals surface area contributed by atoms with E-state index in [1.807, 2.05) is 10.9 Å². The lowest BCUT2D eigenvalue weighted by molar-refractivity contribution is 0.178. The summed E-state index contributed by atoms with van der Waals surface area (Å²) < 4.78 is 6.91.